The van der Waals surface area contributed by atoms with Gasteiger partial charge in [0, 0.05) is 5.56 Å². The van der Waals surface area contributed by atoms with Crippen molar-refractivity contribution in [2.45, 2.75) is 6.61 Å². The van der Waals surface area contributed by atoms with Crippen LogP contribution in [0.1, 0.15) is 21.5 Å². The number of nitriles is 1. The molecule has 0 amide bonds. The standard InChI is InChI=1S/C16H12ClNO3/c1-20-15-7-13(9-19)6-14(17)16(15)21-10-12-4-2-3-11(5-12)8-18/h2-7,9H,10H2,1H3. The Morgan fingerprint density at radius 2 is 2.14 bits per heavy atom. The molecule has 0 aliphatic rings. The topological polar surface area (TPSA) is 59.3 Å². The maximum absolute atomic E-state index is 10.8. The van der Waals surface area contributed by atoms with E-state index in [0.29, 0.717) is 33.9 Å². The van der Waals surface area contributed by atoms with Gasteiger partial charge in [-0.05, 0) is 29.8 Å². The van der Waals surface area contributed by atoms with Gasteiger partial charge in [0.05, 0.1) is 23.8 Å². The van der Waals surface area contributed by atoms with Crippen molar-refractivity contribution >= 4 is 17.9 Å². The highest BCUT2D eigenvalue weighted by Gasteiger charge is 2.12. The second-order valence-corrected chi connectivity index (χ2v) is 4.66. The Morgan fingerprint density at radius 3 is 2.81 bits per heavy atom. The monoisotopic (exact) mass is 301 g/mol. The van der Waals surface area contributed by atoms with Gasteiger partial charge in [-0.2, -0.15) is 5.26 Å². The van der Waals surface area contributed by atoms with Crippen LogP contribution in [0, 0.1) is 11.3 Å². The van der Waals surface area contributed by atoms with Gasteiger partial charge in [0.1, 0.15) is 12.9 Å². The van der Waals surface area contributed by atoms with E-state index in [1.165, 1.54) is 13.2 Å². The molecule has 0 bridgehead atoms. The van der Waals surface area contributed by atoms with Crippen LogP contribution in [-0.2, 0) is 6.61 Å². The van der Waals surface area contributed by atoms with Crippen molar-refractivity contribution in [3.63, 3.8) is 0 Å². The maximum Gasteiger partial charge on any atom is 0.180 e. The molecule has 0 unspecified atom stereocenters. The molecule has 0 heterocycles. The van der Waals surface area contributed by atoms with Crippen molar-refractivity contribution in [1.29, 1.82) is 5.26 Å². The van der Waals surface area contributed by atoms with Crippen LogP contribution >= 0.6 is 11.6 Å². The number of carbonyl (C=O) groups is 1. The van der Waals surface area contributed by atoms with E-state index >= 15 is 0 Å². The zero-order valence-corrected chi connectivity index (χ0v) is 12.1. The molecular weight excluding hydrogens is 290 g/mol. The average Bonchev–Trinajstić information content (AvgIpc) is 2.53. The SMILES string of the molecule is COc1cc(C=O)cc(Cl)c1OCc1cccc(C#N)c1. The van der Waals surface area contributed by atoms with Gasteiger partial charge < -0.3 is 9.47 Å². The minimum Gasteiger partial charge on any atom is -0.493 e. The Balaban J connectivity index is 2.23. The van der Waals surface area contributed by atoms with Gasteiger partial charge in [-0.3, -0.25) is 4.79 Å². The van der Waals surface area contributed by atoms with Crippen molar-refractivity contribution in [1.82, 2.24) is 0 Å². The molecule has 0 radical (unpaired) electrons. The predicted molar refractivity (Wildman–Crippen MR) is 78.9 cm³/mol. The van der Waals surface area contributed by atoms with Gasteiger partial charge in [-0.25, -0.2) is 0 Å². The first-order chi connectivity index (χ1) is 10.2. The van der Waals surface area contributed by atoms with Crippen LogP contribution in [0.25, 0.3) is 0 Å². The van der Waals surface area contributed by atoms with E-state index in [4.69, 9.17) is 26.3 Å². The summed E-state index contributed by atoms with van der Waals surface area (Å²) in [6.45, 7) is 0.242. The lowest BCUT2D eigenvalue weighted by atomic mass is 10.1. The Kier molecular flexibility index (Phi) is 4.81. The molecule has 2 aromatic carbocycles. The Morgan fingerprint density at radius 1 is 1.33 bits per heavy atom. The molecule has 0 saturated carbocycles. The first-order valence-corrected chi connectivity index (χ1v) is 6.50. The highest BCUT2D eigenvalue weighted by atomic mass is 35.5. The highest BCUT2D eigenvalue weighted by Crippen LogP contribution is 2.36. The number of halogens is 1. The van der Waals surface area contributed by atoms with E-state index in [-0.39, 0.29) is 6.61 Å². The number of hydrogen-bond donors (Lipinski definition) is 0. The van der Waals surface area contributed by atoms with Crippen molar-refractivity contribution in [2.24, 2.45) is 0 Å². The Bertz CT molecular complexity index is 707. The molecule has 5 heteroatoms. The fourth-order valence-corrected chi connectivity index (χ4v) is 2.11. The summed E-state index contributed by atoms with van der Waals surface area (Å²) in [7, 11) is 1.48. The summed E-state index contributed by atoms with van der Waals surface area (Å²) in [5.74, 6) is 0.758. The van der Waals surface area contributed by atoms with Gasteiger partial charge in [0.2, 0.25) is 0 Å². The van der Waals surface area contributed by atoms with Crippen molar-refractivity contribution in [3.8, 4) is 17.6 Å². The number of rotatable bonds is 5. The van der Waals surface area contributed by atoms with Crippen LogP contribution in [0.2, 0.25) is 5.02 Å². The molecule has 0 fully saturated rings. The summed E-state index contributed by atoms with van der Waals surface area (Å²) < 4.78 is 10.8. The minimum absolute atomic E-state index is 0.242. The lowest BCUT2D eigenvalue weighted by molar-refractivity contribution is 0.112. The third-order valence-electron chi connectivity index (χ3n) is 2.83. The number of aldehydes is 1. The highest BCUT2D eigenvalue weighted by molar-refractivity contribution is 6.32. The van der Waals surface area contributed by atoms with E-state index in [1.807, 2.05) is 6.07 Å². The van der Waals surface area contributed by atoms with Crippen LogP contribution in [0.5, 0.6) is 11.5 Å². The molecule has 21 heavy (non-hydrogen) atoms. The fourth-order valence-electron chi connectivity index (χ4n) is 1.83. The van der Waals surface area contributed by atoms with Crippen LogP contribution in [0.3, 0.4) is 0 Å². The van der Waals surface area contributed by atoms with Crippen molar-refractivity contribution in [3.05, 3.63) is 58.1 Å². The summed E-state index contributed by atoms with van der Waals surface area (Å²) in [5, 5.41) is 9.17. The van der Waals surface area contributed by atoms with Gasteiger partial charge >= 0.3 is 0 Å². The first-order valence-electron chi connectivity index (χ1n) is 6.12. The van der Waals surface area contributed by atoms with E-state index in [1.54, 1.807) is 24.3 Å². The van der Waals surface area contributed by atoms with Gasteiger partial charge in [-0.15, -0.1) is 0 Å². The van der Waals surface area contributed by atoms with Gasteiger partial charge in [0.15, 0.2) is 11.5 Å². The predicted octanol–water partition coefficient (Wildman–Crippen LogP) is 3.61. The summed E-state index contributed by atoms with van der Waals surface area (Å²) in [6.07, 6.45) is 0.689. The van der Waals surface area contributed by atoms with Crippen LogP contribution in [-0.4, -0.2) is 13.4 Å². The smallest absolute Gasteiger partial charge is 0.180 e. The van der Waals surface area contributed by atoms with Crippen LogP contribution in [0.4, 0.5) is 0 Å². The second-order valence-electron chi connectivity index (χ2n) is 4.25. The van der Waals surface area contributed by atoms with Gasteiger partial charge in [-0.1, -0.05) is 23.7 Å². The summed E-state index contributed by atoms with van der Waals surface area (Å²) in [6, 6.07) is 12.2. The third kappa shape index (κ3) is 3.53. The Labute approximate surface area is 127 Å². The van der Waals surface area contributed by atoms with E-state index in [0.717, 1.165) is 5.56 Å². The lowest BCUT2D eigenvalue weighted by Gasteiger charge is -2.13. The molecule has 2 aromatic rings. The summed E-state index contributed by atoms with van der Waals surface area (Å²) in [4.78, 5) is 10.8. The zero-order chi connectivity index (χ0) is 15.2. The lowest BCUT2D eigenvalue weighted by Crippen LogP contribution is -1.99. The second kappa shape index (κ2) is 6.78. The molecule has 2 rings (SSSR count). The van der Waals surface area contributed by atoms with E-state index < -0.39 is 0 Å². The average molecular weight is 302 g/mol. The molecule has 0 spiro atoms. The number of ether oxygens (including phenoxy) is 2. The van der Waals surface area contributed by atoms with Crippen LogP contribution in [0.15, 0.2) is 36.4 Å². The minimum atomic E-state index is 0.242. The molecule has 0 aliphatic heterocycles. The van der Waals surface area contributed by atoms with Crippen molar-refractivity contribution in [2.75, 3.05) is 7.11 Å². The first kappa shape index (κ1) is 14.9. The summed E-state index contributed by atoms with van der Waals surface area (Å²) in [5.41, 5.74) is 1.81. The quantitative estimate of drug-likeness (QED) is 0.792. The molecule has 4 nitrogen and oxygen atoms in total. The molecular formula is C16H12ClNO3. The molecule has 0 saturated heterocycles. The number of carbonyl (C=O) groups excluding carboxylic acids is 1. The number of hydrogen-bond acceptors (Lipinski definition) is 4. The Hall–Kier alpha value is -2.51. The zero-order valence-electron chi connectivity index (χ0n) is 11.3. The number of nitrogens with zero attached hydrogens (tertiary/aromatic N) is 1. The number of benzene rings is 2. The summed E-state index contributed by atoms with van der Waals surface area (Å²) >= 11 is 6.10. The largest absolute Gasteiger partial charge is 0.493 e. The normalized spacial score (nSPS) is 9.76. The third-order valence-corrected chi connectivity index (χ3v) is 3.11. The van der Waals surface area contributed by atoms with Gasteiger partial charge in [0.25, 0.3) is 0 Å². The molecule has 0 atom stereocenters. The maximum atomic E-state index is 10.8. The molecule has 0 aromatic heterocycles. The fraction of sp³-hybridized carbons (Fsp3) is 0.125. The molecule has 106 valence electrons. The van der Waals surface area contributed by atoms with Crippen molar-refractivity contribution < 1.29 is 14.3 Å². The van der Waals surface area contributed by atoms with Crippen LogP contribution < -0.4 is 9.47 Å². The molecule has 0 aliphatic carbocycles. The molecule has 0 N–H and O–H groups in total. The van der Waals surface area contributed by atoms with E-state index in [2.05, 4.69) is 6.07 Å². The van der Waals surface area contributed by atoms with E-state index in [9.17, 15) is 4.79 Å². The number of methoxy groups -OCH3 is 1.